The molecule has 0 radical (unpaired) electrons. The van der Waals surface area contributed by atoms with Gasteiger partial charge in [-0.2, -0.15) is 0 Å². The molecule has 0 unspecified atom stereocenters. The summed E-state index contributed by atoms with van der Waals surface area (Å²) in [6.07, 6.45) is 0. The first kappa shape index (κ1) is 15.2. The average molecular weight is 316 g/mol. The zero-order valence-corrected chi connectivity index (χ0v) is 12.7. The van der Waals surface area contributed by atoms with Gasteiger partial charge in [0.05, 0.1) is 0 Å². The van der Waals surface area contributed by atoms with E-state index in [2.05, 4.69) is 0 Å². The quantitative estimate of drug-likeness (QED) is 0.321. The van der Waals surface area contributed by atoms with Crippen LogP contribution in [-0.4, -0.2) is 34.3 Å². The van der Waals surface area contributed by atoms with Gasteiger partial charge < -0.3 is 20.1 Å². The number of benzene rings is 4. The van der Waals surface area contributed by atoms with E-state index in [1.165, 1.54) is 0 Å². The first-order valence-electron chi connectivity index (χ1n) is 7.67. The first-order valence-corrected chi connectivity index (χ1v) is 7.67. The largest absolute Gasteiger partial charge is 0.489 e. The molecule has 0 aliphatic carbocycles. The van der Waals surface area contributed by atoms with Gasteiger partial charge in [0.2, 0.25) is 0 Å². The molecule has 0 aliphatic heterocycles. The highest BCUT2D eigenvalue weighted by molar-refractivity contribution is 6.64. The van der Waals surface area contributed by atoms with E-state index in [0.717, 1.165) is 32.3 Å². The van der Waals surface area contributed by atoms with Gasteiger partial charge in [0.1, 0.15) is 0 Å². The van der Waals surface area contributed by atoms with Gasteiger partial charge in [-0.1, -0.05) is 60.7 Å². The molecule has 4 nitrogen and oxygen atoms in total. The van der Waals surface area contributed by atoms with E-state index in [9.17, 15) is 20.1 Å². The number of hydrogen-bond donors (Lipinski definition) is 4. The van der Waals surface area contributed by atoms with E-state index in [1.807, 2.05) is 48.5 Å². The van der Waals surface area contributed by atoms with Crippen LogP contribution in [0, 0.1) is 0 Å². The van der Waals surface area contributed by atoms with E-state index in [0.29, 0.717) is 10.9 Å². The summed E-state index contributed by atoms with van der Waals surface area (Å²) in [4.78, 5) is 0. The molecule has 0 aromatic heterocycles. The Bertz CT molecular complexity index is 994. The second kappa shape index (κ2) is 5.61. The summed E-state index contributed by atoms with van der Waals surface area (Å²) in [6, 6.07) is 18.5. The van der Waals surface area contributed by atoms with E-state index in [-0.39, 0.29) is 0 Å². The van der Waals surface area contributed by atoms with Crippen molar-refractivity contribution in [3.63, 3.8) is 0 Å². The van der Waals surface area contributed by atoms with Crippen LogP contribution in [0.1, 0.15) is 0 Å². The Balaban J connectivity index is 2.30. The second-order valence-corrected chi connectivity index (χ2v) is 5.87. The van der Waals surface area contributed by atoms with Crippen molar-refractivity contribution in [2.24, 2.45) is 0 Å². The minimum absolute atomic E-state index is 0.395. The topological polar surface area (TPSA) is 80.9 Å². The van der Waals surface area contributed by atoms with E-state index in [4.69, 9.17) is 0 Å². The van der Waals surface area contributed by atoms with Crippen LogP contribution >= 0.6 is 0 Å². The van der Waals surface area contributed by atoms with Crippen LogP contribution in [0.3, 0.4) is 0 Å². The lowest BCUT2D eigenvalue weighted by Crippen LogP contribution is -2.32. The van der Waals surface area contributed by atoms with Crippen molar-refractivity contribution in [2.75, 3.05) is 0 Å². The molecule has 4 rings (SSSR count). The van der Waals surface area contributed by atoms with Crippen LogP contribution in [-0.2, 0) is 0 Å². The third-order valence-electron chi connectivity index (χ3n) is 4.48. The molecular weight excluding hydrogens is 302 g/mol. The lowest BCUT2D eigenvalue weighted by Gasteiger charge is -2.15. The molecule has 0 saturated carbocycles. The van der Waals surface area contributed by atoms with Crippen LogP contribution in [0.15, 0.2) is 60.7 Å². The lowest BCUT2D eigenvalue weighted by molar-refractivity contribution is 0.425. The lowest BCUT2D eigenvalue weighted by atomic mass is 9.72. The van der Waals surface area contributed by atoms with Gasteiger partial charge in [0, 0.05) is 0 Å². The summed E-state index contributed by atoms with van der Waals surface area (Å²) in [6.45, 7) is 0. The molecule has 116 valence electrons. The summed E-state index contributed by atoms with van der Waals surface area (Å²) < 4.78 is 0. The zero-order chi connectivity index (χ0) is 16.8. The maximum absolute atomic E-state index is 9.73. The summed E-state index contributed by atoms with van der Waals surface area (Å²) >= 11 is 0. The maximum Gasteiger partial charge on any atom is 0.489 e. The number of rotatable bonds is 2. The van der Waals surface area contributed by atoms with Crippen molar-refractivity contribution >= 4 is 57.5 Å². The maximum atomic E-state index is 9.73. The van der Waals surface area contributed by atoms with Crippen LogP contribution < -0.4 is 10.9 Å². The third kappa shape index (κ3) is 2.20. The molecule has 0 bridgehead atoms. The van der Waals surface area contributed by atoms with Gasteiger partial charge in [0.15, 0.2) is 0 Å². The Hall–Kier alpha value is -2.37. The SMILES string of the molecule is OB(O)c1cc2cc(B(O)O)c3ccccc3c2c2ccccc12. The van der Waals surface area contributed by atoms with Crippen molar-refractivity contribution in [3.8, 4) is 0 Å². The highest BCUT2D eigenvalue weighted by Crippen LogP contribution is 2.30. The summed E-state index contributed by atoms with van der Waals surface area (Å²) in [5.74, 6) is 0. The van der Waals surface area contributed by atoms with Crippen molar-refractivity contribution < 1.29 is 20.1 Å². The molecule has 0 spiro atoms. The second-order valence-electron chi connectivity index (χ2n) is 5.87. The Labute approximate surface area is 138 Å². The fraction of sp³-hybridized carbons (Fsp3) is 0. The van der Waals surface area contributed by atoms with Crippen molar-refractivity contribution in [1.29, 1.82) is 0 Å². The average Bonchev–Trinajstić information content (AvgIpc) is 2.59. The van der Waals surface area contributed by atoms with E-state index in [1.54, 1.807) is 12.1 Å². The summed E-state index contributed by atoms with van der Waals surface area (Å²) in [5, 5.41) is 43.9. The van der Waals surface area contributed by atoms with E-state index < -0.39 is 14.2 Å². The standard InChI is InChI=1S/C18H14B2O4/c21-19(22)16-9-11-10-17(20(23)24)13-6-2-4-8-15(13)18(11)14-7-3-1-5-12(14)16/h1-10,21-24H. The normalized spacial score (nSPS) is 11.3. The minimum atomic E-state index is -1.60. The van der Waals surface area contributed by atoms with Crippen LogP contribution in [0.2, 0.25) is 0 Å². The molecule has 0 heterocycles. The third-order valence-corrected chi connectivity index (χ3v) is 4.48. The van der Waals surface area contributed by atoms with Gasteiger partial charge in [-0.05, 0) is 43.2 Å². The number of hydrogen-bond acceptors (Lipinski definition) is 4. The molecule has 0 aliphatic rings. The molecule has 24 heavy (non-hydrogen) atoms. The van der Waals surface area contributed by atoms with Crippen molar-refractivity contribution in [2.45, 2.75) is 0 Å². The fourth-order valence-electron chi connectivity index (χ4n) is 3.47. The van der Waals surface area contributed by atoms with Crippen molar-refractivity contribution in [3.05, 3.63) is 60.7 Å². The monoisotopic (exact) mass is 316 g/mol. The summed E-state index contributed by atoms with van der Waals surface area (Å²) in [5.41, 5.74) is 0.790. The molecule has 4 N–H and O–H groups in total. The molecule has 4 aromatic rings. The highest BCUT2D eigenvalue weighted by atomic mass is 16.4. The molecule has 0 fully saturated rings. The zero-order valence-electron chi connectivity index (χ0n) is 12.7. The van der Waals surface area contributed by atoms with Gasteiger partial charge in [-0.25, -0.2) is 0 Å². The summed E-state index contributed by atoms with van der Waals surface area (Å²) in [7, 11) is -3.21. The predicted octanol–water partition coefficient (Wildman–Crippen LogP) is 0.506. The molecule has 0 atom stereocenters. The Morgan fingerprint density at radius 1 is 0.542 bits per heavy atom. The molecule has 0 saturated heterocycles. The van der Waals surface area contributed by atoms with Crippen LogP contribution in [0.4, 0.5) is 0 Å². The van der Waals surface area contributed by atoms with Gasteiger partial charge in [0.25, 0.3) is 0 Å². The van der Waals surface area contributed by atoms with Crippen LogP contribution in [0.25, 0.3) is 32.3 Å². The Morgan fingerprint density at radius 3 is 1.29 bits per heavy atom. The fourth-order valence-corrected chi connectivity index (χ4v) is 3.47. The molecular formula is C18H14B2O4. The Kier molecular flexibility index (Phi) is 3.55. The van der Waals surface area contributed by atoms with Gasteiger partial charge in [-0.15, -0.1) is 0 Å². The highest BCUT2D eigenvalue weighted by Gasteiger charge is 2.21. The van der Waals surface area contributed by atoms with E-state index >= 15 is 0 Å². The Morgan fingerprint density at radius 2 is 0.917 bits per heavy atom. The number of fused-ring (bicyclic) bond motifs is 5. The van der Waals surface area contributed by atoms with Crippen molar-refractivity contribution in [1.82, 2.24) is 0 Å². The molecule has 4 aromatic carbocycles. The van der Waals surface area contributed by atoms with Gasteiger partial charge in [-0.3, -0.25) is 0 Å². The first-order chi connectivity index (χ1) is 11.6. The predicted molar refractivity (Wildman–Crippen MR) is 98.6 cm³/mol. The smallest absolute Gasteiger partial charge is 0.423 e. The van der Waals surface area contributed by atoms with Crippen LogP contribution in [0.5, 0.6) is 0 Å². The molecule has 0 amide bonds. The van der Waals surface area contributed by atoms with Gasteiger partial charge >= 0.3 is 14.2 Å². The minimum Gasteiger partial charge on any atom is -0.423 e. The molecule has 6 heteroatoms.